The van der Waals surface area contributed by atoms with Gasteiger partial charge in [0.1, 0.15) is 0 Å². The Balaban J connectivity index is 2.37. The number of nitrogens with two attached hydrogens (primary N) is 1. The first-order valence-electron chi connectivity index (χ1n) is 5.24. The molecule has 2 aromatic rings. The number of nitrogen functional groups attached to an aromatic ring is 1. The van der Waals surface area contributed by atoms with Crippen LogP contribution in [0.3, 0.4) is 0 Å². The molecule has 0 saturated heterocycles. The van der Waals surface area contributed by atoms with E-state index < -0.39 is 0 Å². The Labute approximate surface area is 109 Å². The summed E-state index contributed by atoms with van der Waals surface area (Å²) in [4.78, 5) is 12.2. The smallest absolute Gasteiger partial charge is 0.193 e. The van der Waals surface area contributed by atoms with Gasteiger partial charge in [-0.3, -0.25) is 4.79 Å². The number of ketones is 1. The minimum absolute atomic E-state index is 0.00528. The standard InChI is InChI=1S/C14H12BrNO/c1-9-2-4-10(5-3-9)14(17)11-6-7-13(16)12(15)8-11/h2-8H,16H2,1H3. The van der Waals surface area contributed by atoms with Crippen molar-refractivity contribution in [1.29, 1.82) is 0 Å². The molecule has 0 unspecified atom stereocenters. The van der Waals surface area contributed by atoms with E-state index in [1.54, 1.807) is 18.2 Å². The molecule has 0 aromatic heterocycles. The molecule has 0 radical (unpaired) electrons. The Morgan fingerprint density at radius 3 is 2.24 bits per heavy atom. The van der Waals surface area contributed by atoms with E-state index in [9.17, 15) is 4.79 Å². The fourth-order valence-corrected chi connectivity index (χ4v) is 1.92. The molecule has 0 atom stereocenters. The van der Waals surface area contributed by atoms with Crippen molar-refractivity contribution in [2.75, 3.05) is 5.73 Å². The zero-order valence-electron chi connectivity index (χ0n) is 9.41. The van der Waals surface area contributed by atoms with Gasteiger partial charge < -0.3 is 5.73 Å². The van der Waals surface area contributed by atoms with E-state index in [4.69, 9.17) is 5.73 Å². The van der Waals surface area contributed by atoms with Crippen LogP contribution >= 0.6 is 15.9 Å². The largest absolute Gasteiger partial charge is 0.398 e. The second-order valence-corrected chi connectivity index (χ2v) is 4.79. The second-order valence-electron chi connectivity index (χ2n) is 3.93. The average Bonchev–Trinajstić information content (AvgIpc) is 2.33. The van der Waals surface area contributed by atoms with E-state index in [-0.39, 0.29) is 5.78 Å². The SMILES string of the molecule is Cc1ccc(C(=O)c2ccc(N)c(Br)c2)cc1. The lowest BCUT2D eigenvalue weighted by Gasteiger charge is -2.04. The number of carbonyl (C=O) groups excluding carboxylic acids is 1. The first-order valence-corrected chi connectivity index (χ1v) is 6.03. The number of hydrogen-bond acceptors (Lipinski definition) is 2. The topological polar surface area (TPSA) is 43.1 Å². The number of anilines is 1. The number of halogens is 1. The van der Waals surface area contributed by atoms with Crippen LogP contribution in [0.1, 0.15) is 21.5 Å². The molecule has 0 aliphatic carbocycles. The molecule has 0 amide bonds. The molecule has 3 heteroatoms. The molecule has 0 fully saturated rings. The van der Waals surface area contributed by atoms with Crippen molar-refractivity contribution < 1.29 is 4.79 Å². The summed E-state index contributed by atoms with van der Waals surface area (Å²) in [5.41, 5.74) is 8.78. The van der Waals surface area contributed by atoms with Crippen molar-refractivity contribution in [1.82, 2.24) is 0 Å². The number of carbonyl (C=O) groups is 1. The lowest BCUT2D eigenvalue weighted by atomic mass is 10.0. The first kappa shape index (κ1) is 11.9. The summed E-state index contributed by atoms with van der Waals surface area (Å²) >= 11 is 3.32. The Kier molecular flexibility index (Phi) is 3.29. The van der Waals surface area contributed by atoms with Crippen molar-refractivity contribution in [3.8, 4) is 0 Å². The summed E-state index contributed by atoms with van der Waals surface area (Å²) in [6.07, 6.45) is 0. The van der Waals surface area contributed by atoms with E-state index in [2.05, 4.69) is 15.9 Å². The van der Waals surface area contributed by atoms with Gasteiger partial charge in [-0.2, -0.15) is 0 Å². The third-order valence-electron chi connectivity index (χ3n) is 2.58. The van der Waals surface area contributed by atoms with Gasteiger partial charge in [-0.15, -0.1) is 0 Å². The van der Waals surface area contributed by atoms with Crippen LogP contribution < -0.4 is 5.73 Å². The molecule has 0 spiro atoms. The molecular weight excluding hydrogens is 278 g/mol. The van der Waals surface area contributed by atoms with E-state index in [0.29, 0.717) is 16.8 Å². The molecular formula is C14H12BrNO. The summed E-state index contributed by atoms with van der Waals surface area (Å²) in [6, 6.07) is 12.7. The molecule has 0 aliphatic heterocycles. The van der Waals surface area contributed by atoms with Crippen molar-refractivity contribution in [3.63, 3.8) is 0 Å². The zero-order valence-corrected chi connectivity index (χ0v) is 11.0. The third kappa shape index (κ3) is 2.56. The highest BCUT2D eigenvalue weighted by Gasteiger charge is 2.09. The maximum absolute atomic E-state index is 12.2. The predicted molar refractivity (Wildman–Crippen MR) is 73.2 cm³/mol. The first-order chi connectivity index (χ1) is 8.08. The van der Waals surface area contributed by atoms with Gasteiger partial charge in [0.05, 0.1) is 0 Å². The molecule has 0 aliphatic rings. The highest BCUT2D eigenvalue weighted by atomic mass is 79.9. The van der Waals surface area contributed by atoms with Crippen LogP contribution in [0.4, 0.5) is 5.69 Å². The second kappa shape index (κ2) is 4.72. The predicted octanol–water partition coefficient (Wildman–Crippen LogP) is 3.57. The molecule has 86 valence electrons. The lowest BCUT2D eigenvalue weighted by Crippen LogP contribution is -2.01. The number of hydrogen-bond donors (Lipinski definition) is 1. The highest BCUT2D eigenvalue weighted by molar-refractivity contribution is 9.10. The minimum Gasteiger partial charge on any atom is -0.398 e. The number of benzene rings is 2. The van der Waals surface area contributed by atoms with Gasteiger partial charge >= 0.3 is 0 Å². The minimum atomic E-state index is 0.00528. The molecule has 17 heavy (non-hydrogen) atoms. The van der Waals surface area contributed by atoms with E-state index in [1.165, 1.54) is 0 Å². The summed E-state index contributed by atoms with van der Waals surface area (Å²) < 4.78 is 0.746. The Hall–Kier alpha value is -1.61. The Morgan fingerprint density at radius 1 is 1.06 bits per heavy atom. The molecule has 0 heterocycles. The monoisotopic (exact) mass is 289 g/mol. The van der Waals surface area contributed by atoms with Gasteiger partial charge in [-0.25, -0.2) is 0 Å². The summed E-state index contributed by atoms with van der Waals surface area (Å²) in [6.45, 7) is 1.99. The molecule has 0 bridgehead atoms. The lowest BCUT2D eigenvalue weighted by molar-refractivity contribution is 0.103. The van der Waals surface area contributed by atoms with E-state index in [0.717, 1.165) is 10.0 Å². The van der Waals surface area contributed by atoms with Crippen LogP contribution in [-0.2, 0) is 0 Å². The molecule has 2 rings (SSSR count). The van der Waals surface area contributed by atoms with Crippen LogP contribution in [0.15, 0.2) is 46.9 Å². The maximum atomic E-state index is 12.2. The van der Waals surface area contributed by atoms with Crippen LogP contribution in [0.5, 0.6) is 0 Å². The van der Waals surface area contributed by atoms with Crippen LogP contribution in [0.25, 0.3) is 0 Å². The molecule has 0 saturated carbocycles. The van der Waals surface area contributed by atoms with Gasteiger partial charge in [-0.1, -0.05) is 29.8 Å². The van der Waals surface area contributed by atoms with Crippen molar-refractivity contribution in [2.24, 2.45) is 0 Å². The molecule has 2 nitrogen and oxygen atoms in total. The fourth-order valence-electron chi connectivity index (χ4n) is 1.54. The Bertz CT molecular complexity index is 561. The summed E-state index contributed by atoms with van der Waals surface area (Å²) in [5.74, 6) is 0.00528. The van der Waals surface area contributed by atoms with Crippen LogP contribution in [-0.4, -0.2) is 5.78 Å². The molecule has 2 N–H and O–H groups in total. The third-order valence-corrected chi connectivity index (χ3v) is 3.26. The van der Waals surface area contributed by atoms with E-state index >= 15 is 0 Å². The Morgan fingerprint density at radius 2 is 1.65 bits per heavy atom. The highest BCUT2D eigenvalue weighted by Crippen LogP contribution is 2.22. The van der Waals surface area contributed by atoms with Gasteiger partial charge in [0.15, 0.2) is 5.78 Å². The quantitative estimate of drug-likeness (QED) is 0.678. The number of aryl methyl sites for hydroxylation is 1. The van der Waals surface area contributed by atoms with Crippen molar-refractivity contribution >= 4 is 27.4 Å². The average molecular weight is 290 g/mol. The number of rotatable bonds is 2. The molecule has 2 aromatic carbocycles. The van der Waals surface area contributed by atoms with Crippen molar-refractivity contribution in [2.45, 2.75) is 6.92 Å². The van der Waals surface area contributed by atoms with Gasteiger partial charge in [0.25, 0.3) is 0 Å². The zero-order chi connectivity index (χ0) is 12.4. The van der Waals surface area contributed by atoms with Gasteiger partial charge in [0, 0.05) is 21.3 Å². The van der Waals surface area contributed by atoms with Crippen molar-refractivity contribution in [3.05, 3.63) is 63.6 Å². The van der Waals surface area contributed by atoms with Crippen LogP contribution in [0, 0.1) is 6.92 Å². The normalized spacial score (nSPS) is 10.2. The van der Waals surface area contributed by atoms with E-state index in [1.807, 2.05) is 31.2 Å². The maximum Gasteiger partial charge on any atom is 0.193 e. The fraction of sp³-hybridized carbons (Fsp3) is 0.0714. The summed E-state index contributed by atoms with van der Waals surface area (Å²) in [5, 5.41) is 0. The van der Waals surface area contributed by atoms with Gasteiger partial charge in [-0.05, 0) is 41.1 Å². The summed E-state index contributed by atoms with van der Waals surface area (Å²) in [7, 11) is 0. The van der Waals surface area contributed by atoms with Crippen LogP contribution in [0.2, 0.25) is 0 Å². The van der Waals surface area contributed by atoms with Gasteiger partial charge in [0.2, 0.25) is 0 Å².